The summed E-state index contributed by atoms with van der Waals surface area (Å²) in [6.45, 7) is 11.9. The van der Waals surface area contributed by atoms with Gasteiger partial charge in [-0.1, -0.05) is 34.1 Å². The molecule has 0 aliphatic carbocycles. The van der Waals surface area contributed by atoms with E-state index in [1.54, 1.807) is 27.7 Å². The second kappa shape index (κ2) is 40.1. The van der Waals surface area contributed by atoms with E-state index < -0.39 is 217 Å². The number of carbonyl (C=O) groups excluding carboxylic acids is 11. The maximum Gasteiger partial charge on any atom is 0.326 e. The average molecular weight is 1270 g/mol. The van der Waals surface area contributed by atoms with Crippen LogP contribution in [0, 0.1) is 11.8 Å². The largest absolute Gasteiger partial charge is 0.481 e. The third-order valence-corrected chi connectivity index (χ3v) is 13.6. The van der Waals surface area contributed by atoms with Gasteiger partial charge in [0.2, 0.25) is 65.0 Å². The van der Waals surface area contributed by atoms with Crippen LogP contribution in [0.3, 0.4) is 0 Å². The molecule has 0 radical (unpaired) electrons. The van der Waals surface area contributed by atoms with E-state index in [2.05, 4.69) is 83.7 Å². The molecule has 0 unspecified atom stereocenters. The molecule has 20 N–H and O–H groups in total. The second-order valence-corrected chi connectivity index (χ2v) is 21.6. The third kappa shape index (κ3) is 29.6. The van der Waals surface area contributed by atoms with Gasteiger partial charge in [-0.2, -0.15) is 25.3 Å². The molecule has 0 aromatic carbocycles. The summed E-state index contributed by atoms with van der Waals surface area (Å²) in [5.74, 6) is -19.0. The average Bonchev–Trinajstić information content (AvgIpc) is 3.42. The predicted molar refractivity (Wildman–Crippen MR) is 311 cm³/mol. The Morgan fingerprint density at radius 2 is 0.791 bits per heavy atom. The van der Waals surface area contributed by atoms with Gasteiger partial charge in [-0.05, 0) is 84.6 Å². The summed E-state index contributed by atoms with van der Waals surface area (Å²) in [6, 6.07) is -18.4. The second-order valence-electron chi connectivity index (χ2n) is 20.9. The molecule has 0 aliphatic heterocycles. The van der Waals surface area contributed by atoms with E-state index in [9.17, 15) is 97.5 Å². The number of hydrogen-bond donors (Lipinski definition) is 20. The van der Waals surface area contributed by atoms with Crippen molar-refractivity contribution < 1.29 is 97.5 Å². The van der Waals surface area contributed by atoms with E-state index >= 15 is 0 Å². The van der Waals surface area contributed by atoms with Crippen LogP contribution in [0.1, 0.15) is 120 Å². The number of carboxylic acid groups (broad SMARTS) is 4. The molecule has 86 heavy (non-hydrogen) atoms. The van der Waals surface area contributed by atoms with Crippen LogP contribution < -0.4 is 70.0 Å². The quantitative estimate of drug-likeness (QED) is 0.0200. The zero-order valence-corrected chi connectivity index (χ0v) is 51.1. The normalized spacial score (nSPS) is 16.0. The van der Waals surface area contributed by atoms with Crippen LogP contribution in [0.5, 0.6) is 0 Å². The zero-order valence-electron chi connectivity index (χ0n) is 49.3. The number of thiol groups is 2. The molecule has 0 saturated carbocycles. The molecule has 0 aliphatic rings. The summed E-state index contributed by atoms with van der Waals surface area (Å²) < 4.78 is 0. The Kier molecular flexibility index (Phi) is 36.7. The van der Waals surface area contributed by atoms with Crippen molar-refractivity contribution in [2.24, 2.45) is 23.3 Å². The minimum absolute atomic E-state index is 0.00418. The molecule has 0 spiro atoms. The Morgan fingerprint density at radius 1 is 0.419 bits per heavy atom. The Labute approximate surface area is 507 Å². The van der Waals surface area contributed by atoms with Crippen molar-refractivity contribution in [1.82, 2.24) is 58.5 Å². The highest BCUT2D eigenvalue weighted by Crippen LogP contribution is 2.13. The van der Waals surface area contributed by atoms with E-state index in [0.717, 1.165) is 20.8 Å². The minimum Gasteiger partial charge on any atom is -0.481 e. The zero-order chi connectivity index (χ0) is 66.3. The van der Waals surface area contributed by atoms with Crippen molar-refractivity contribution in [1.29, 1.82) is 0 Å². The number of aliphatic hydroxyl groups excluding tert-OH is 1. The maximum atomic E-state index is 13.8. The fraction of sp³-hybridized carbons (Fsp3) is 0.706. The summed E-state index contributed by atoms with van der Waals surface area (Å²) in [5.41, 5.74) is 11.1. The number of carbonyl (C=O) groups is 15. The molecule has 14 atom stereocenters. The van der Waals surface area contributed by atoms with Crippen molar-refractivity contribution in [3.63, 3.8) is 0 Å². The highest BCUT2D eigenvalue weighted by atomic mass is 32.1. The first kappa shape index (κ1) is 78.6. The number of rotatable bonds is 42. The van der Waals surface area contributed by atoms with Gasteiger partial charge >= 0.3 is 23.9 Å². The number of unbranched alkanes of at least 4 members (excludes halogenated alkanes) is 1. The highest BCUT2D eigenvalue weighted by molar-refractivity contribution is 7.80. The van der Waals surface area contributed by atoms with Crippen molar-refractivity contribution >= 4 is 114 Å². The summed E-state index contributed by atoms with van der Waals surface area (Å²) in [7, 11) is 0. The van der Waals surface area contributed by atoms with Gasteiger partial charge < -0.3 is 95.5 Å². The summed E-state index contributed by atoms with van der Waals surface area (Å²) in [6.07, 6.45) is -4.26. The lowest BCUT2D eigenvalue weighted by Gasteiger charge is -2.30. The lowest BCUT2D eigenvalue weighted by Crippen LogP contribution is -2.62. The fourth-order valence-electron chi connectivity index (χ4n) is 7.64. The number of carboxylic acids is 4. The molecule has 33 nitrogen and oxygen atoms in total. The Hall–Kier alpha value is -7.37. The topological polar surface area (TPSA) is 542 Å². The Balaban J connectivity index is 6.31. The van der Waals surface area contributed by atoms with E-state index in [1.165, 1.54) is 6.92 Å². The Bertz CT molecular complexity index is 2390. The number of aliphatic hydroxyl groups is 1. The van der Waals surface area contributed by atoms with E-state index in [1.807, 2.05) is 0 Å². The van der Waals surface area contributed by atoms with Gasteiger partial charge in [-0.3, -0.25) is 67.1 Å². The summed E-state index contributed by atoms with van der Waals surface area (Å²) in [5, 5.41) is 73.9. The van der Waals surface area contributed by atoms with Crippen LogP contribution in [-0.4, -0.2) is 211 Å². The Morgan fingerprint density at radius 3 is 1.21 bits per heavy atom. The molecule has 0 heterocycles. The van der Waals surface area contributed by atoms with Crippen molar-refractivity contribution in [3.05, 3.63) is 0 Å². The van der Waals surface area contributed by atoms with Crippen LogP contribution in [0.2, 0.25) is 0 Å². The van der Waals surface area contributed by atoms with Gasteiger partial charge in [0.1, 0.15) is 66.5 Å². The van der Waals surface area contributed by atoms with Gasteiger partial charge in [-0.15, -0.1) is 0 Å². The first-order chi connectivity index (χ1) is 40.0. The standard InChI is InChI=1S/C51H87N13O20S2/c1-9-23(4)38(63-40(72)24(5)53)49(81)60-31(18-22(2)3)46(78)64-39(27(8)65)50(82)57-29(14-16-36(68)69)44(76)61-34(21-86)48(80)62-33(20-85)47(79)56-28(13-15-35(66)67)43(75)55-25(6)41(73)54-26(7)42(74)59-32(19-37(70)71)45(77)58-30(51(83)84)12-10-11-17-52/h22-34,38-39,65,85-86H,9-21,52-53H2,1-8H3,(H,54,73)(H,55,75)(H,56,79)(H,57,82)(H,58,77)(H,59,74)(H,60,81)(H,61,76)(H,62,80)(H,63,72)(H,64,78)(H,66,67)(H,68,69)(H,70,71)(H,83,84)/t23-,24-,25-,26-,27+,28-,29-,30-,31-,32-,33-,34-,38-,39-/m0/s1. The maximum absolute atomic E-state index is 13.8. The van der Waals surface area contributed by atoms with Crippen molar-refractivity contribution in [2.75, 3.05) is 18.1 Å². The monoisotopic (exact) mass is 1270 g/mol. The van der Waals surface area contributed by atoms with Gasteiger partial charge in [0.05, 0.1) is 18.6 Å². The number of nitrogens with two attached hydrogens (primary N) is 2. The molecular formula is C51H87N13O20S2. The van der Waals surface area contributed by atoms with Crippen molar-refractivity contribution in [2.45, 2.75) is 198 Å². The van der Waals surface area contributed by atoms with Gasteiger partial charge in [0, 0.05) is 24.3 Å². The minimum atomic E-state index is -1.84. The lowest BCUT2D eigenvalue weighted by atomic mass is 9.96. The van der Waals surface area contributed by atoms with Gasteiger partial charge in [-0.25, -0.2) is 4.79 Å². The van der Waals surface area contributed by atoms with Gasteiger partial charge in [0.25, 0.3) is 0 Å². The molecule has 0 saturated heterocycles. The van der Waals surface area contributed by atoms with Crippen LogP contribution in [0.15, 0.2) is 0 Å². The van der Waals surface area contributed by atoms with Crippen LogP contribution in [-0.2, 0) is 71.9 Å². The number of aliphatic carboxylic acids is 4. The van der Waals surface area contributed by atoms with Crippen LogP contribution >= 0.6 is 25.3 Å². The van der Waals surface area contributed by atoms with Crippen LogP contribution in [0.4, 0.5) is 0 Å². The lowest BCUT2D eigenvalue weighted by molar-refractivity contribution is -0.144. The fourth-order valence-corrected chi connectivity index (χ4v) is 8.15. The molecule has 11 amide bonds. The van der Waals surface area contributed by atoms with E-state index in [-0.39, 0.29) is 25.3 Å². The number of amides is 11. The van der Waals surface area contributed by atoms with Crippen LogP contribution in [0.25, 0.3) is 0 Å². The predicted octanol–water partition coefficient (Wildman–Crippen LogP) is -5.54. The molecule has 0 bridgehead atoms. The van der Waals surface area contributed by atoms with E-state index in [4.69, 9.17) is 11.5 Å². The molecule has 488 valence electrons. The number of hydrogen-bond acceptors (Lipinski definition) is 20. The molecule has 35 heteroatoms. The van der Waals surface area contributed by atoms with E-state index in [0.29, 0.717) is 19.3 Å². The molecule has 0 fully saturated rings. The smallest absolute Gasteiger partial charge is 0.326 e. The molecule has 0 aromatic rings. The summed E-state index contributed by atoms with van der Waals surface area (Å²) in [4.78, 5) is 194. The molecular weight excluding hydrogens is 1180 g/mol. The number of nitrogens with one attached hydrogen (secondary N) is 11. The SMILES string of the molecule is CC[C@H](C)[C@H](NC(=O)[C@H](C)N)C(=O)N[C@@H](CC(C)C)C(=O)N[C@H](C(=O)N[C@@H](CCC(=O)O)C(=O)N[C@@H](CS)C(=O)N[C@@H](CS)C(=O)N[C@@H](CCC(=O)O)C(=O)N[C@@H](C)C(=O)N[C@@H](C)C(=O)N[C@@H](CC(=O)O)C(=O)N[C@@H](CCCCN)C(=O)O)[C@@H](C)O. The van der Waals surface area contributed by atoms with Gasteiger partial charge in [0.15, 0.2) is 0 Å². The molecule has 0 aromatic heterocycles. The van der Waals surface area contributed by atoms with Crippen molar-refractivity contribution in [3.8, 4) is 0 Å². The summed E-state index contributed by atoms with van der Waals surface area (Å²) >= 11 is 8.21. The molecule has 0 rings (SSSR count). The third-order valence-electron chi connectivity index (χ3n) is 12.9. The first-order valence-electron chi connectivity index (χ1n) is 27.6. The highest BCUT2D eigenvalue weighted by Gasteiger charge is 2.37. The first-order valence-corrected chi connectivity index (χ1v) is 28.9.